The molecule has 3 rings (SSSR count). The van der Waals surface area contributed by atoms with Crippen molar-refractivity contribution in [1.82, 2.24) is 15.2 Å². The lowest BCUT2D eigenvalue weighted by atomic mass is 10.2. The molecule has 26 heavy (non-hydrogen) atoms. The summed E-state index contributed by atoms with van der Waals surface area (Å²) in [5, 5.41) is 2.58. The molecule has 0 aliphatic carbocycles. The number of sulfonamides is 1. The number of fused-ring (bicyclic) bond motifs is 1. The van der Waals surface area contributed by atoms with E-state index >= 15 is 0 Å². The van der Waals surface area contributed by atoms with Crippen LogP contribution in [0.5, 0.6) is 0 Å². The van der Waals surface area contributed by atoms with Crippen molar-refractivity contribution in [2.75, 3.05) is 5.32 Å². The topological polar surface area (TPSA) is 117 Å². The first-order valence-electron chi connectivity index (χ1n) is 7.40. The van der Waals surface area contributed by atoms with Gasteiger partial charge in [0, 0.05) is 0 Å². The highest BCUT2D eigenvalue weighted by Gasteiger charge is 2.20. The Morgan fingerprint density at radius 3 is 2.38 bits per heavy atom. The first-order valence-corrected chi connectivity index (χ1v) is 9.70. The monoisotopic (exact) mass is 390 g/mol. The van der Waals surface area contributed by atoms with Crippen molar-refractivity contribution in [3.05, 3.63) is 54.1 Å². The van der Waals surface area contributed by atoms with E-state index in [2.05, 4.69) is 10.3 Å². The van der Waals surface area contributed by atoms with Crippen LogP contribution in [0.25, 0.3) is 10.2 Å². The number of nitrogens with zero attached hydrogens (tertiary/aromatic N) is 1. The standard InChI is InChI=1S/C16H14N4O4S2/c1-10-6-8-11(9-7-10)26(23,24)20-19-15(22)14(21)18-16-17-12-4-2-3-5-13(12)25-16/h2-9,20H,1H3,(H,19,22)(H,17,18,21). The third-order valence-electron chi connectivity index (χ3n) is 3.35. The summed E-state index contributed by atoms with van der Waals surface area (Å²) in [7, 11) is -3.97. The van der Waals surface area contributed by atoms with E-state index in [0.29, 0.717) is 5.52 Å². The minimum atomic E-state index is -3.97. The largest absolute Gasteiger partial charge is 0.324 e. The molecule has 0 unspecified atom stereocenters. The van der Waals surface area contributed by atoms with Crippen LogP contribution >= 0.6 is 11.3 Å². The van der Waals surface area contributed by atoms with E-state index in [1.165, 1.54) is 23.5 Å². The van der Waals surface area contributed by atoms with Gasteiger partial charge < -0.3 is 0 Å². The molecule has 2 amide bonds. The van der Waals surface area contributed by atoms with Crippen LogP contribution < -0.4 is 15.6 Å². The molecular formula is C16H14N4O4S2. The fourth-order valence-electron chi connectivity index (χ4n) is 2.03. The maximum Gasteiger partial charge on any atom is 0.324 e. The van der Waals surface area contributed by atoms with Gasteiger partial charge in [0.25, 0.3) is 10.0 Å². The molecular weight excluding hydrogens is 376 g/mol. The lowest BCUT2D eigenvalue weighted by molar-refractivity contribution is -0.136. The van der Waals surface area contributed by atoms with Crippen molar-refractivity contribution in [2.24, 2.45) is 0 Å². The van der Waals surface area contributed by atoms with Gasteiger partial charge in [0.05, 0.1) is 15.1 Å². The van der Waals surface area contributed by atoms with Crippen LogP contribution in [-0.2, 0) is 19.6 Å². The highest BCUT2D eigenvalue weighted by atomic mass is 32.2. The zero-order valence-electron chi connectivity index (χ0n) is 13.5. The number of rotatable bonds is 4. The molecule has 1 heterocycles. The van der Waals surface area contributed by atoms with E-state index < -0.39 is 21.8 Å². The molecule has 0 aliphatic heterocycles. The Bertz CT molecular complexity index is 1040. The summed E-state index contributed by atoms with van der Waals surface area (Å²) >= 11 is 1.20. The Balaban J connectivity index is 1.62. The van der Waals surface area contributed by atoms with E-state index in [1.807, 2.05) is 29.3 Å². The lowest BCUT2D eigenvalue weighted by Crippen LogP contribution is -2.46. The quantitative estimate of drug-likeness (QED) is 0.462. The van der Waals surface area contributed by atoms with Gasteiger partial charge in [-0.1, -0.05) is 41.2 Å². The fourth-order valence-corrected chi connectivity index (χ4v) is 3.73. The molecule has 0 saturated carbocycles. The zero-order valence-corrected chi connectivity index (χ0v) is 15.1. The van der Waals surface area contributed by atoms with Gasteiger partial charge in [-0.15, -0.1) is 4.83 Å². The van der Waals surface area contributed by atoms with E-state index in [4.69, 9.17) is 0 Å². The van der Waals surface area contributed by atoms with Gasteiger partial charge in [0.2, 0.25) is 0 Å². The molecule has 2 aromatic carbocycles. The molecule has 0 atom stereocenters. The van der Waals surface area contributed by atoms with E-state index in [9.17, 15) is 18.0 Å². The molecule has 3 aromatic rings. The number of carbonyl (C=O) groups is 2. The number of hydrazine groups is 1. The smallest absolute Gasteiger partial charge is 0.294 e. The van der Waals surface area contributed by atoms with Crippen LogP contribution in [-0.4, -0.2) is 25.2 Å². The molecule has 0 fully saturated rings. The minimum absolute atomic E-state index is 0.0324. The van der Waals surface area contributed by atoms with Crippen LogP contribution in [0, 0.1) is 6.92 Å². The van der Waals surface area contributed by atoms with Gasteiger partial charge in [-0.25, -0.2) is 13.4 Å². The van der Waals surface area contributed by atoms with Crippen molar-refractivity contribution in [1.29, 1.82) is 0 Å². The van der Waals surface area contributed by atoms with Gasteiger partial charge >= 0.3 is 11.8 Å². The molecule has 0 saturated heterocycles. The number of thiazole rings is 1. The van der Waals surface area contributed by atoms with Crippen molar-refractivity contribution in [3.63, 3.8) is 0 Å². The van der Waals surface area contributed by atoms with E-state index in [0.717, 1.165) is 10.3 Å². The summed E-state index contributed by atoms with van der Waals surface area (Å²) in [6.07, 6.45) is 0. The van der Waals surface area contributed by atoms with Gasteiger partial charge in [0.1, 0.15) is 0 Å². The van der Waals surface area contributed by atoms with Crippen LogP contribution in [0.1, 0.15) is 5.56 Å². The van der Waals surface area contributed by atoms with Crippen LogP contribution in [0.2, 0.25) is 0 Å². The highest BCUT2D eigenvalue weighted by Crippen LogP contribution is 2.25. The Morgan fingerprint density at radius 1 is 1.00 bits per heavy atom. The fraction of sp³-hybridized carbons (Fsp3) is 0.0625. The summed E-state index contributed by atoms with van der Waals surface area (Å²) in [4.78, 5) is 29.7. The number of anilines is 1. The molecule has 3 N–H and O–H groups in total. The van der Waals surface area contributed by atoms with Gasteiger partial charge in [-0.05, 0) is 31.2 Å². The first-order chi connectivity index (χ1) is 12.3. The number of carbonyl (C=O) groups excluding carboxylic acids is 2. The Hall–Kier alpha value is -2.82. The van der Waals surface area contributed by atoms with Gasteiger partial charge in [-0.3, -0.25) is 20.3 Å². The Kier molecular flexibility index (Phi) is 4.98. The van der Waals surface area contributed by atoms with Gasteiger partial charge in [-0.2, -0.15) is 0 Å². The van der Waals surface area contributed by atoms with E-state index in [-0.39, 0.29) is 10.0 Å². The van der Waals surface area contributed by atoms with Crippen molar-refractivity contribution in [3.8, 4) is 0 Å². The molecule has 10 heteroatoms. The summed E-state index contributed by atoms with van der Waals surface area (Å²) < 4.78 is 25.0. The Morgan fingerprint density at radius 2 is 1.69 bits per heavy atom. The van der Waals surface area contributed by atoms with Crippen LogP contribution in [0.3, 0.4) is 0 Å². The van der Waals surface area contributed by atoms with Crippen molar-refractivity contribution < 1.29 is 18.0 Å². The SMILES string of the molecule is Cc1ccc(S(=O)(=O)NNC(=O)C(=O)Nc2nc3ccccc3s2)cc1. The second kappa shape index (κ2) is 7.20. The molecule has 0 radical (unpaired) electrons. The zero-order chi connectivity index (χ0) is 18.7. The normalized spacial score (nSPS) is 11.3. The maximum absolute atomic E-state index is 12.1. The third-order valence-corrected chi connectivity index (χ3v) is 5.57. The molecule has 1 aromatic heterocycles. The van der Waals surface area contributed by atoms with Gasteiger partial charge in [0.15, 0.2) is 5.13 Å². The lowest BCUT2D eigenvalue weighted by Gasteiger charge is -2.08. The number of aromatic nitrogens is 1. The van der Waals surface area contributed by atoms with Crippen LogP contribution in [0.15, 0.2) is 53.4 Å². The second-order valence-corrected chi connectivity index (χ2v) is 8.03. The second-order valence-electron chi connectivity index (χ2n) is 5.31. The summed E-state index contributed by atoms with van der Waals surface area (Å²) in [6, 6.07) is 13.3. The van der Waals surface area contributed by atoms with Crippen molar-refractivity contribution >= 4 is 48.5 Å². The number of para-hydroxylation sites is 1. The van der Waals surface area contributed by atoms with Crippen LogP contribution in [0.4, 0.5) is 5.13 Å². The average Bonchev–Trinajstić information content (AvgIpc) is 3.02. The molecule has 134 valence electrons. The average molecular weight is 390 g/mol. The molecule has 0 bridgehead atoms. The van der Waals surface area contributed by atoms with E-state index in [1.54, 1.807) is 24.3 Å². The first kappa shape index (κ1) is 18.0. The number of benzene rings is 2. The highest BCUT2D eigenvalue weighted by molar-refractivity contribution is 7.89. The summed E-state index contributed by atoms with van der Waals surface area (Å²) in [5.41, 5.74) is 3.46. The minimum Gasteiger partial charge on any atom is -0.294 e. The molecule has 8 nitrogen and oxygen atoms in total. The number of amides is 2. The summed E-state index contributed by atoms with van der Waals surface area (Å²) in [5.74, 6) is -2.18. The number of nitrogens with one attached hydrogen (secondary N) is 3. The number of aryl methyl sites for hydroxylation is 1. The summed E-state index contributed by atoms with van der Waals surface area (Å²) in [6.45, 7) is 1.82. The predicted molar refractivity (Wildman–Crippen MR) is 97.9 cm³/mol. The Labute approximate surface area is 153 Å². The maximum atomic E-state index is 12.1. The number of hydrogen-bond acceptors (Lipinski definition) is 6. The predicted octanol–water partition coefficient (Wildman–Crippen LogP) is 1.55. The number of hydrogen-bond donors (Lipinski definition) is 3. The molecule has 0 aliphatic rings. The molecule has 0 spiro atoms. The third kappa shape index (κ3) is 4.04. The van der Waals surface area contributed by atoms with Crippen molar-refractivity contribution in [2.45, 2.75) is 11.8 Å².